The van der Waals surface area contributed by atoms with Crippen LogP contribution in [0.15, 0.2) is 29.4 Å². The van der Waals surface area contributed by atoms with Crippen LogP contribution >= 0.6 is 0 Å². The molecule has 164 valence electrons. The Balaban J connectivity index is 1.37. The number of rotatable bonds is 6. The van der Waals surface area contributed by atoms with E-state index in [4.69, 9.17) is 14.3 Å². The first-order valence-electron chi connectivity index (χ1n) is 10.7. The van der Waals surface area contributed by atoms with Gasteiger partial charge in [0.15, 0.2) is 0 Å². The summed E-state index contributed by atoms with van der Waals surface area (Å²) in [5.41, 5.74) is 0.111. The van der Waals surface area contributed by atoms with E-state index in [1.165, 1.54) is 12.1 Å². The molecule has 1 aromatic carbocycles. The van der Waals surface area contributed by atoms with Gasteiger partial charge in [-0.25, -0.2) is 4.39 Å². The monoisotopic (exact) mass is 419 g/mol. The van der Waals surface area contributed by atoms with Crippen molar-refractivity contribution in [3.8, 4) is 0 Å². The number of carbonyl (C=O) groups excluding carboxylic acids is 1. The molecule has 7 nitrogen and oxygen atoms in total. The van der Waals surface area contributed by atoms with Gasteiger partial charge in [-0.3, -0.25) is 9.69 Å². The van der Waals surface area contributed by atoms with E-state index in [0.29, 0.717) is 37.5 Å². The summed E-state index contributed by atoms with van der Waals surface area (Å²) in [5.74, 6) is -0.525. The Morgan fingerprint density at radius 2 is 1.93 bits per heavy atom. The SMILES string of the molecule is CC1(C(=O)NCC2(CN3CCOCC3)CCOCC2)CC(c2cccc(F)c2)=NO1. The molecule has 3 heterocycles. The highest BCUT2D eigenvalue weighted by Gasteiger charge is 2.44. The normalized spacial score (nSPS) is 26.7. The molecule has 2 saturated heterocycles. The molecule has 3 aliphatic rings. The lowest BCUT2D eigenvalue weighted by atomic mass is 9.79. The average molecular weight is 419 g/mol. The van der Waals surface area contributed by atoms with Crippen molar-refractivity contribution < 1.29 is 23.5 Å². The average Bonchev–Trinajstić information content (AvgIpc) is 3.17. The van der Waals surface area contributed by atoms with Crippen molar-refractivity contribution in [1.29, 1.82) is 0 Å². The lowest BCUT2D eigenvalue weighted by molar-refractivity contribution is -0.142. The highest BCUT2D eigenvalue weighted by molar-refractivity contribution is 6.05. The van der Waals surface area contributed by atoms with Gasteiger partial charge in [0, 0.05) is 56.8 Å². The molecular formula is C22H30FN3O4. The number of hydrogen-bond acceptors (Lipinski definition) is 6. The number of halogens is 1. The number of benzene rings is 1. The van der Waals surface area contributed by atoms with Crippen LogP contribution < -0.4 is 5.32 Å². The van der Waals surface area contributed by atoms with Crippen molar-refractivity contribution in [3.05, 3.63) is 35.6 Å². The largest absolute Gasteiger partial charge is 0.381 e. The number of ether oxygens (including phenoxy) is 2. The fourth-order valence-corrected chi connectivity index (χ4v) is 4.37. The fraction of sp³-hybridized carbons (Fsp3) is 0.636. The summed E-state index contributed by atoms with van der Waals surface area (Å²) in [7, 11) is 0. The Bertz CT molecular complexity index is 790. The summed E-state index contributed by atoms with van der Waals surface area (Å²) in [5, 5.41) is 7.20. The van der Waals surface area contributed by atoms with Crippen molar-refractivity contribution in [1.82, 2.24) is 10.2 Å². The molecule has 0 aromatic heterocycles. The zero-order valence-electron chi connectivity index (χ0n) is 17.5. The number of carbonyl (C=O) groups is 1. The molecule has 3 aliphatic heterocycles. The topological polar surface area (TPSA) is 72.4 Å². The number of nitrogens with one attached hydrogen (secondary N) is 1. The quantitative estimate of drug-likeness (QED) is 0.763. The number of nitrogens with zero attached hydrogens (tertiary/aromatic N) is 2. The van der Waals surface area contributed by atoms with E-state index in [1.54, 1.807) is 19.1 Å². The van der Waals surface area contributed by atoms with Crippen LogP contribution in [0.3, 0.4) is 0 Å². The van der Waals surface area contributed by atoms with Crippen LogP contribution in [0.25, 0.3) is 0 Å². The Morgan fingerprint density at radius 1 is 1.20 bits per heavy atom. The van der Waals surface area contributed by atoms with Gasteiger partial charge in [0.25, 0.3) is 5.91 Å². The van der Waals surface area contributed by atoms with E-state index in [1.807, 2.05) is 0 Å². The van der Waals surface area contributed by atoms with Crippen molar-refractivity contribution in [2.45, 2.75) is 31.8 Å². The smallest absolute Gasteiger partial charge is 0.267 e. The molecular weight excluding hydrogens is 389 g/mol. The Labute approximate surface area is 176 Å². The van der Waals surface area contributed by atoms with Crippen molar-refractivity contribution in [2.24, 2.45) is 10.6 Å². The minimum atomic E-state index is -1.09. The lowest BCUT2D eigenvalue weighted by Crippen LogP contribution is -2.53. The second-order valence-corrected chi connectivity index (χ2v) is 8.73. The first kappa shape index (κ1) is 21.2. The summed E-state index contributed by atoms with van der Waals surface area (Å²) in [6.07, 6.45) is 2.13. The second-order valence-electron chi connectivity index (χ2n) is 8.73. The van der Waals surface area contributed by atoms with E-state index < -0.39 is 5.60 Å². The van der Waals surface area contributed by atoms with Crippen molar-refractivity contribution in [3.63, 3.8) is 0 Å². The van der Waals surface area contributed by atoms with Gasteiger partial charge in [-0.15, -0.1) is 0 Å². The van der Waals surface area contributed by atoms with Gasteiger partial charge in [-0.05, 0) is 31.9 Å². The van der Waals surface area contributed by atoms with Crippen molar-refractivity contribution >= 4 is 11.6 Å². The van der Waals surface area contributed by atoms with E-state index in [0.717, 1.165) is 45.7 Å². The van der Waals surface area contributed by atoms with Gasteiger partial charge >= 0.3 is 0 Å². The molecule has 4 rings (SSSR count). The summed E-state index contributed by atoms with van der Waals surface area (Å²) in [6, 6.07) is 6.19. The molecule has 0 aliphatic carbocycles. The third-order valence-corrected chi connectivity index (χ3v) is 6.34. The zero-order valence-corrected chi connectivity index (χ0v) is 17.5. The van der Waals surface area contributed by atoms with Gasteiger partial charge in [0.1, 0.15) is 5.82 Å². The third kappa shape index (κ3) is 4.82. The van der Waals surface area contributed by atoms with Gasteiger partial charge in [0.05, 0.1) is 18.9 Å². The molecule has 1 unspecified atom stereocenters. The van der Waals surface area contributed by atoms with Crippen LogP contribution in [0.5, 0.6) is 0 Å². The van der Waals surface area contributed by atoms with Crippen LogP contribution in [0.1, 0.15) is 31.7 Å². The lowest BCUT2D eigenvalue weighted by Gasteiger charge is -2.42. The van der Waals surface area contributed by atoms with Crippen LogP contribution in [-0.2, 0) is 19.1 Å². The van der Waals surface area contributed by atoms with Gasteiger partial charge in [-0.2, -0.15) is 0 Å². The van der Waals surface area contributed by atoms with Gasteiger partial charge < -0.3 is 19.6 Å². The molecule has 1 aromatic rings. The maximum absolute atomic E-state index is 13.5. The summed E-state index contributed by atoms with van der Waals surface area (Å²) < 4.78 is 24.6. The van der Waals surface area contributed by atoms with E-state index in [9.17, 15) is 9.18 Å². The molecule has 2 fully saturated rings. The Kier molecular flexibility index (Phi) is 6.36. The highest BCUT2D eigenvalue weighted by Crippen LogP contribution is 2.32. The van der Waals surface area contributed by atoms with E-state index in [2.05, 4.69) is 15.4 Å². The van der Waals surface area contributed by atoms with Crippen molar-refractivity contribution in [2.75, 3.05) is 52.6 Å². The molecule has 0 saturated carbocycles. The van der Waals surface area contributed by atoms with Crippen LogP contribution in [0.2, 0.25) is 0 Å². The fourth-order valence-electron chi connectivity index (χ4n) is 4.37. The Morgan fingerprint density at radius 3 is 2.67 bits per heavy atom. The second kappa shape index (κ2) is 8.99. The third-order valence-electron chi connectivity index (χ3n) is 6.34. The number of amides is 1. The molecule has 8 heteroatoms. The molecule has 0 spiro atoms. The first-order valence-corrected chi connectivity index (χ1v) is 10.7. The highest BCUT2D eigenvalue weighted by atomic mass is 19.1. The Hall–Kier alpha value is -2.03. The number of oxime groups is 1. The standard InChI is InChI=1S/C22H30FN3O4/c1-21(14-19(25-30-21)17-3-2-4-18(23)13-17)20(27)24-15-22(5-9-28-10-6-22)16-26-7-11-29-12-8-26/h2-4,13H,5-12,14-16H2,1H3,(H,24,27). The van der Waals surface area contributed by atoms with E-state index >= 15 is 0 Å². The maximum Gasteiger partial charge on any atom is 0.267 e. The maximum atomic E-state index is 13.5. The molecule has 1 atom stereocenters. The predicted octanol–water partition coefficient (Wildman–Crippen LogP) is 1.95. The number of hydrogen-bond donors (Lipinski definition) is 1. The summed E-state index contributed by atoms with van der Waals surface area (Å²) >= 11 is 0. The minimum absolute atomic E-state index is 0.0214. The molecule has 0 bridgehead atoms. The number of morpholine rings is 1. The van der Waals surface area contributed by atoms with Crippen LogP contribution in [-0.4, -0.2) is 74.7 Å². The van der Waals surface area contributed by atoms with Crippen LogP contribution in [0, 0.1) is 11.2 Å². The molecule has 1 N–H and O–H groups in total. The zero-order chi connectivity index (χ0) is 21.0. The minimum Gasteiger partial charge on any atom is -0.381 e. The molecule has 30 heavy (non-hydrogen) atoms. The van der Waals surface area contributed by atoms with Crippen LogP contribution in [0.4, 0.5) is 4.39 Å². The van der Waals surface area contributed by atoms with Gasteiger partial charge in [-0.1, -0.05) is 17.3 Å². The van der Waals surface area contributed by atoms with Gasteiger partial charge in [0.2, 0.25) is 5.60 Å². The summed E-state index contributed by atoms with van der Waals surface area (Å²) in [6.45, 7) is 7.99. The molecule has 0 radical (unpaired) electrons. The van der Waals surface area contributed by atoms with E-state index in [-0.39, 0.29) is 17.1 Å². The predicted molar refractivity (Wildman–Crippen MR) is 110 cm³/mol. The molecule has 1 amide bonds. The summed E-state index contributed by atoms with van der Waals surface area (Å²) in [4.78, 5) is 21.0. The first-order chi connectivity index (χ1) is 14.5.